The highest BCUT2D eigenvalue weighted by molar-refractivity contribution is 6.31. The van der Waals surface area contributed by atoms with Crippen LogP contribution in [0, 0.1) is 0 Å². The van der Waals surface area contributed by atoms with Crippen molar-refractivity contribution in [2.45, 2.75) is 31.0 Å². The topological polar surface area (TPSA) is 66.3 Å². The SMILES string of the molecule is COc1ccc(C2CC(c3cc(Cl)ccc3O)=NC3(CCN(C)CC3)N2)cc1OC. The Morgan fingerprint density at radius 2 is 1.83 bits per heavy atom. The van der Waals surface area contributed by atoms with Gasteiger partial charge in [0.25, 0.3) is 0 Å². The molecule has 4 rings (SSSR count). The fourth-order valence-corrected chi connectivity index (χ4v) is 4.50. The number of phenols is 1. The third-order valence-electron chi connectivity index (χ3n) is 6.08. The number of piperidine rings is 1. The molecule has 0 radical (unpaired) electrons. The molecule has 2 aromatic carbocycles. The number of ether oxygens (including phenoxy) is 2. The first kappa shape index (κ1) is 21.0. The molecule has 0 saturated carbocycles. The Labute approximate surface area is 182 Å². The highest BCUT2D eigenvalue weighted by Gasteiger charge is 2.40. The third-order valence-corrected chi connectivity index (χ3v) is 6.32. The zero-order valence-electron chi connectivity index (χ0n) is 17.6. The lowest BCUT2D eigenvalue weighted by Gasteiger charge is -2.44. The highest BCUT2D eigenvalue weighted by atomic mass is 35.5. The van der Waals surface area contributed by atoms with Gasteiger partial charge in [0.15, 0.2) is 11.5 Å². The van der Waals surface area contributed by atoms with E-state index in [2.05, 4.69) is 23.3 Å². The van der Waals surface area contributed by atoms with Gasteiger partial charge in [-0.3, -0.25) is 10.3 Å². The molecule has 1 atom stereocenters. The van der Waals surface area contributed by atoms with Crippen LogP contribution in [-0.2, 0) is 0 Å². The smallest absolute Gasteiger partial charge is 0.161 e. The van der Waals surface area contributed by atoms with Gasteiger partial charge < -0.3 is 19.5 Å². The van der Waals surface area contributed by atoms with Gasteiger partial charge in [-0.1, -0.05) is 17.7 Å². The lowest BCUT2D eigenvalue weighted by Crippen LogP contribution is -2.55. The lowest BCUT2D eigenvalue weighted by atomic mass is 9.87. The molecule has 1 unspecified atom stereocenters. The monoisotopic (exact) mass is 429 g/mol. The summed E-state index contributed by atoms with van der Waals surface area (Å²) in [6, 6.07) is 11.2. The van der Waals surface area contributed by atoms with Gasteiger partial charge in [0, 0.05) is 41.8 Å². The van der Waals surface area contributed by atoms with Crippen molar-refractivity contribution in [3.63, 3.8) is 0 Å². The van der Waals surface area contributed by atoms with Crippen LogP contribution in [-0.4, -0.2) is 55.7 Å². The molecular formula is C23H28ClN3O3. The maximum atomic E-state index is 10.5. The summed E-state index contributed by atoms with van der Waals surface area (Å²) in [5.74, 6) is 1.60. The van der Waals surface area contributed by atoms with Crippen molar-refractivity contribution in [3.05, 3.63) is 52.5 Å². The number of methoxy groups -OCH3 is 2. The largest absolute Gasteiger partial charge is 0.507 e. The van der Waals surface area contributed by atoms with Gasteiger partial charge in [-0.2, -0.15) is 0 Å². The molecule has 30 heavy (non-hydrogen) atoms. The summed E-state index contributed by atoms with van der Waals surface area (Å²) in [5, 5.41) is 14.9. The average Bonchev–Trinajstić information content (AvgIpc) is 2.77. The molecule has 0 aliphatic carbocycles. The predicted molar refractivity (Wildman–Crippen MR) is 119 cm³/mol. The first-order valence-electron chi connectivity index (χ1n) is 10.2. The Hall–Kier alpha value is -2.28. The maximum absolute atomic E-state index is 10.5. The van der Waals surface area contributed by atoms with E-state index in [0.29, 0.717) is 28.5 Å². The van der Waals surface area contributed by atoms with Crippen molar-refractivity contribution in [1.82, 2.24) is 10.2 Å². The maximum Gasteiger partial charge on any atom is 0.161 e. The second kappa shape index (κ2) is 8.46. The number of nitrogens with one attached hydrogen (secondary N) is 1. The molecule has 160 valence electrons. The van der Waals surface area contributed by atoms with Crippen molar-refractivity contribution in [2.24, 2.45) is 4.99 Å². The standard InChI is InChI=1S/C23H28ClN3O3/c1-27-10-8-23(9-11-27)25-18(15-4-7-21(29-2)22(12-15)30-3)14-19(26-23)17-13-16(24)5-6-20(17)28/h4-7,12-13,18,25,28H,8-11,14H2,1-3H3. The predicted octanol–water partition coefficient (Wildman–Crippen LogP) is 4.01. The Morgan fingerprint density at radius 1 is 1.10 bits per heavy atom. The quantitative estimate of drug-likeness (QED) is 0.768. The van der Waals surface area contributed by atoms with Crippen LogP contribution in [0.25, 0.3) is 0 Å². The number of likely N-dealkylation sites (tertiary alicyclic amines) is 1. The van der Waals surface area contributed by atoms with Crippen LogP contribution in [0.3, 0.4) is 0 Å². The number of aromatic hydroxyl groups is 1. The number of benzene rings is 2. The van der Waals surface area contributed by atoms with Crippen LogP contribution < -0.4 is 14.8 Å². The van der Waals surface area contributed by atoms with Crippen molar-refractivity contribution < 1.29 is 14.6 Å². The van der Waals surface area contributed by atoms with Crippen LogP contribution in [0.5, 0.6) is 17.2 Å². The molecule has 1 fully saturated rings. The molecule has 0 bridgehead atoms. The fraction of sp³-hybridized carbons (Fsp3) is 0.435. The summed E-state index contributed by atoms with van der Waals surface area (Å²) < 4.78 is 10.9. The third kappa shape index (κ3) is 4.13. The minimum Gasteiger partial charge on any atom is -0.507 e. The number of nitrogens with zero attached hydrogens (tertiary/aromatic N) is 2. The van der Waals surface area contributed by atoms with E-state index in [1.54, 1.807) is 32.4 Å². The molecule has 2 heterocycles. The van der Waals surface area contributed by atoms with E-state index in [1.165, 1.54) is 0 Å². The van der Waals surface area contributed by atoms with Gasteiger partial charge >= 0.3 is 0 Å². The summed E-state index contributed by atoms with van der Waals surface area (Å²) in [6.45, 7) is 1.92. The highest BCUT2D eigenvalue weighted by Crippen LogP contribution is 2.38. The molecule has 1 saturated heterocycles. The van der Waals surface area contributed by atoms with Crippen LogP contribution in [0.2, 0.25) is 5.02 Å². The second-order valence-corrected chi connectivity index (χ2v) is 8.51. The molecule has 7 heteroatoms. The number of hydrogen-bond acceptors (Lipinski definition) is 6. The summed E-state index contributed by atoms with van der Waals surface area (Å²) in [6.07, 6.45) is 2.44. The van der Waals surface area contributed by atoms with Crippen LogP contribution in [0.1, 0.15) is 36.4 Å². The number of hydrogen-bond donors (Lipinski definition) is 2. The first-order valence-corrected chi connectivity index (χ1v) is 10.6. The number of aliphatic imine (C=N–C) groups is 1. The minimum absolute atomic E-state index is 0.0269. The van der Waals surface area contributed by atoms with Gasteiger partial charge in [-0.05, 0) is 55.8 Å². The van der Waals surface area contributed by atoms with Gasteiger partial charge in [0.2, 0.25) is 0 Å². The molecule has 2 aromatic rings. The molecule has 6 nitrogen and oxygen atoms in total. The minimum atomic E-state index is -0.368. The second-order valence-electron chi connectivity index (χ2n) is 8.07. The number of halogens is 1. The van der Waals surface area contributed by atoms with E-state index >= 15 is 0 Å². The number of rotatable bonds is 4. The van der Waals surface area contributed by atoms with Crippen molar-refractivity contribution in [1.29, 1.82) is 0 Å². The zero-order valence-corrected chi connectivity index (χ0v) is 18.4. The van der Waals surface area contributed by atoms with Gasteiger partial charge in [-0.15, -0.1) is 0 Å². The molecule has 2 aliphatic heterocycles. The van der Waals surface area contributed by atoms with E-state index in [-0.39, 0.29) is 17.5 Å². The van der Waals surface area contributed by atoms with Crippen molar-refractivity contribution >= 4 is 17.3 Å². The molecule has 2 aliphatic rings. The van der Waals surface area contributed by atoms with Crippen molar-refractivity contribution in [3.8, 4) is 17.2 Å². The van der Waals surface area contributed by atoms with Crippen LogP contribution in [0.4, 0.5) is 0 Å². The first-order chi connectivity index (χ1) is 14.4. The summed E-state index contributed by atoms with van der Waals surface area (Å²) in [5.41, 5.74) is 2.30. The van der Waals surface area contributed by atoms with Gasteiger partial charge in [-0.25, -0.2) is 0 Å². The molecule has 1 spiro atoms. The normalized spacial score (nSPS) is 21.3. The van der Waals surface area contributed by atoms with E-state index in [9.17, 15) is 5.11 Å². The van der Waals surface area contributed by atoms with E-state index in [0.717, 1.165) is 37.2 Å². The van der Waals surface area contributed by atoms with Crippen LogP contribution in [0.15, 0.2) is 41.4 Å². The molecular weight excluding hydrogens is 402 g/mol. The van der Waals surface area contributed by atoms with E-state index in [4.69, 9.17) is 26.1 Å². The molecule has 0 aromatic heterocycles. The van der Waals surface area contributed by atoms with Gasteiger partial charge in [0.1, 0.15) is 11.4 Å². The Balaban J connectivity index is 1.75. The summed E-state index contributed by atoms with van der Waals surface area (Å²) in [7, 11) is 5.41. The van der Waals surface area contributed by atoms with E-state index in [1.807, 2.05) is 12.1 Å². The fourth-order valence-electron chi connectivity index (χ4n) is 4.33. The van der Waals surface area contributed by atoms with Crippen molar-refractivity contribution in [2.75, 3.05) is 34.4 Å². The Morgan fingerprint density at radius 3 is 2.53 bits per heavy atom. The number of phenolic OH excluding ortho intramolecular Hbond substituents is 1. The van der Waals surface area contributed by atoms with E-state index < -0.39 is 0 Å². The Kier molecular flexibility index (Phi) is 5.91. The summed E-state index contributed by atoms with van der Waals surface area (Å²) in [4.78, 5) is 7.45. The van der Waals surface area contributed by atoms with Crippen LogP contribution >= 0.6 is 11.6 Å². The molecule has 0 amide bonds. The zero-order chi connectivity index (χ0) is 21.3. The molecule has 2 N–H and O–H groups in total. The lowest BCUT2D eigenvalue weighted by molar-refractivity contribution is 0.144. The average molecular weight is 430 g/mol. The Bertz CT molecular complexity index is 955. The van der Waals surface area contributed by atoms with Gasteiger partial charge in [0.05, 0.1) is 14.2 Å². The summed E-state index contributed by atoms with van der Waals surface area (Å²) >= 11 is 6.24.